The largest absolute Gasteiger partial charge is 0.481 e. The van der Waals surface area contributed by atoms with Gasteiger partial charge in [-0.05, 0) is 26.2 Å². The fraction of sp³-hybridized carbons (Fsp3) is 0.750. The minimum Gasteiger partial charge on any atom is -0.481 e. The number of carbonyl (C=O) groups is 3. The van der Waals surface area contributed by atoms with Crippen LogP contribution in [0.1, 0.15) is 26.2 Å². The monoisotopic (exact) mass is 269 g/mol. The number of nitrogens with zero attached hydrogens (tertiary/aromatic N) is 1. The molecule has 0 aromatic rings. The van der Waals surface area contributed by atoms with Gasteiger partial charge in [0.25, 0.3) is 0 Å². The van der Waals surface area contributed by atoms with Crippen LogP contribution in [0.15, 0.2) is 0 Å². The third kappa shape index (κ3) is 2.64. The number of carboxylic acid groups (broad SMARTS) is 1. The predicted molar refractivity (Wildman–Crippen MR) is 66.5 cm³/mol. The Morgan fingerprint density at radius 1 is 1.26 bits per heavy atom. The third-order valence-corrected chi connectivity index (χ3v) is 3.86. The molecule has 0 aromatic carbocycles. The molecule has 2 fully saturated rings. The molecule has 7 heteroatoms. The summed E-state index contributed by atoms with van der Waals surface area (Å²) in [7, 11) is 0. The number of hydrogen-bond donors (Lipinski definition) is 3. The Balaban J connectivity index is 1.90. The molecule has 0 saturated carbocycles. The molecular weight excluding hydrogens is 250 g/mol. The summed E-state index contributed by atoms with van der Waals surface area (Å²) in [5.74, 6) is -1.54. The van der Waals surface area contributed by atoms with Crippen LogP contribution >= 0.6 is 0 Å². The number of amides is 3. The Bertz CT molecular complexity index is 398. The normalized spacial score (nSPS) is 28.3. The summed E-state index contributed by atoms with van der Waals surface area (Å²) in [4.78, 5) is 36.0. The Labute approximate surface area is 111 Å². The van der Waals surface area contributed by atoms with Gasteiger partial charge in [0.05, 0.1) is 12.5 Å². The van der Waals surface area contributed by atoms with E-state index in [4.69, 9.17) is 5.11 Å². The molecule has 2 aliphatic heterocycles. The van der Waals surface area contributed by atoms with Crippen molar-refractivity contribution < 1.29 is 19.5 Å². The molecule has 0 aliphatic carbocycles. The maximum absolute atomic E-state index is 12.0. The van der Waals surface area contributed by atoms with E-state index in [0.717, 1.165) is 12.8 Å². The minimum atomic E-state index is -0.839. The quantitative estimate of drug-likeness (QED) is 0.656. The molecule has 0 spiro atoms. The van der Waals surface area contributed by atoms with Crippen LogP contribution in [0.2, 0.25) is 0 Å². The van der Waals surface area contributed by atoms with Gasteiger partial charge in [0.2, 0.25) is 5.91 Å². The minimum absolute atomic E-state index is 0.000311. The zero-order chi connectivity index (χ0) is 14.0. The number of nitrogens with one attached hydrogen (secondary N) is 2. The molecule has 2 bridgehead atoms. The second kappa shape index (κ2) is 5.46. The summed E-state index contributed by atoms with van der Waals surface area (Å²) in [6.45, 7) is 2.25. The lowest BCUT2D eigenvalue weighted by Crippen LogP contribution is -2.47. The summed E-state index contributed by atoms with van der Waals surface area (Å²) in [5, 5.41) is 14.2. The molecule has 7 nitrogen and oxygen atoms in total. The number of carbonyl (C=O) groups excluding carboxylic acids is 2. The van der Waals surface area contributed by atoms with Gasteiger partial charge in [-0.25, -0.2) is 4.79 Å². The lowest BCUT2D eigenvalue weighted by molar-refractivity contribution is -0.142. The predicted octanol–water partition coefficient (Wildman–Crippen LogP) is -0.230. The summed E-state index contributed by atoms with van der Waals surface area (Å²) in [6.07, 6.45) is 2.10. The maximum Gasteiger partial charge on any atom is 0.318 e. The van der Waals surface area contributed by atoms with E-state index >= 15 is 0 Å². The summed E-state index contributed by atoms with van der Waals surface area (Å²) < 4.78 is 0. The standard InChI is InChI=1S/C12H19N3O4/c1-2-13-10(16)6-14-12(19)15-7-3-4-9(15)8(5-7)11(17)18/h7-9H,2-6H2,1H3,(H,13,16)(H,14,19)(H,17,18). The first-order valence-electron chi connectivity index (χ1n) is 6.60. The Morgan fingerprint density at radius 3 is 2.58 bits per heavy atom. The van der Waals surface area contributed by atoms with E-state index in [9.17, 15) is 14.4 Å². The van der Waals surface area contributed by atoms with E-state index in [1.807, 2.05) is 0 Å². The lowest BCUT2D eigenvalue weighted by atomic mass is 9.89. The van der Waals surface area contributed by atoms with Crippen molar-refractivity contribution in [2.45, 2.75) is 38.3 Å². The van der Waals surface area contributed by atoms with Crippen molar-refractivity contribution in [3.05, 3.63) is 0 Å². The number of hydrogen-bond acceptors (Lipinski definition) is 3. The number of rotatable bonds is 4. The van der Waals surface area contributed by atoms with Crippen LogP contribution in [0.4, 0.5) is 4.79 Å². The van der Waals surface area contributed by atoms with Crippen molar-refractivity contribution in [1.29, 1.82) is 0 Å². The van der Waals surface area contributed by atoms with E-state index in [0.29, 0.717) is 13.0 Å². The van der Waals surface area contributed by atoms with Crippen LogP contribution in [-0.2, 0) is 9.59 Å². The highest BCUT2D eigenvalue weighted by molar-refractivity contribution is 5.85. The van der Waals surface area contributed by atoms with Gasteiger partial charge in [0, 0.05) is 18.6 Å². The van der Waals surface area contributed by atoms with Crippen molar-refractivity contribution in [2.75, 3.05) is 13.1 Å². The van der Waals surface area contributed by atoms with E-state index in [1.165, 1.54) is 0 Å². The molecule has 3 atom stereocenters. The molecule has 2 aliphatic rings. The molecular formula is C12H19N3O4. The summed E-state index contributed by atoms with van der Waals surface area (Å²) >= 11 is 0. The van der Waals surface area contributed by atoms with Crippen LogP contribution in [-0.4, -0.2) is 53.1 Å². The number of fused-ring (bicyclic) bond motifs is 2. The molecule has 3 N–H and O–H groups in total. The van der Waals surface area contributed by atoms with Gasteiger partial charge < -0.3 is 20.6 Å². The number of likely N-dealkylation sites (N-methyl/N-ethyl adjacent to an activating group) is 1. The first-order valence-corrected chi connectivity index (χ1v) is 6.60. The molecule has 2 saturated heterocycles. The van der Waals surface area contributed by atoms with Crippen LogP contribution in [0.5, 0.6) is 0 Å². The average Bonchev–Trinajstić information content (AvgIpc) is 2.93. The topological polar surface area (TPSA) is 98.7 Å². The number of aliphatic carboxylic acids is 1. The molecule has 0 aromatic heterocycles. The van der Waals surface area contributed by atoms with Crippen LogP contribution < -0.4 is 10.6 Å². The second-order valence-corrected chi connectivity index (χ2v) is 5.00. The molecule has 2 rings (SSSR count). The first-order chi connectivity index (χ1) is 9.04. The fourth-order valence-corrected chi connectivity index (χ4v) is 3.08. The highest BCUT2D eigenvalue weighted by atomic mass is 16.4. The first kappa shape index (κ1) is 13.6. The molecule has 106 valence electrons. The Morgan fingerprint density at radius 2 is 2.00 bits per heavy atom. The molecule has 3 amide bonds. The van der Waals surface area contributed by atoms with E-state index in [-0.39, 0.29) is 30.6 Å². The van der Waals surface area contributed by atoms with Crippen molar-refractivity contribution in [3.63, 3.8) is 0 Å². The van der Waals surface area contributed by atoms with Crippen molar-refractivity contribution in [2.24, 2.45) is 5.92 Å². The highest BCUT2D eigenvalue weighted by Crippen LogP contribution is 2.41. The van der Waals surface area contributed by atoms with Gasteiger partial charge in [-0.2, -0.15) is 0 Å². The van der Waals surface area contributed by atoms with Crippen LogP contribution in [0.3, 0.4) is 0 Å². The van der Waals surface area contributed by atoms with Crippen molar-refractivity contribution in [3.8, 4) is 0 Å². The summed E-state index contributed by atoms with van der Waals surface area (Å²) in [5.41, 5.74) is 0. The molecule has 3 unspecified atom stereocenters. The van der Waals surface area contributed by atoms with Crippen molar-refractivity contribution >= 4 is 17.9 Å². The fourth-order valence-electron chi connectivity index (χ4n) is 3.08. The number of carboxylic acids is 1. The van der Waals surface area contributed by atoms with Crippen LogP contribution in [0, 0.1) is 5.92 Å². The van der Waals surface area contributed by atoms with Gasteiger partial charge >= 0.3 is 12.0 Å². The molecule has 2 heterocycles. The molecule has 0 radical (unpaired) electrons. The second-order valence-electron chi connectivity index (χ2n) is 5.00. The van der Waals surface area contributed by atoms with Crippen molar-refractivity contribution in [1.82, 2.24) is 15.5 Å². The van der Waals surface area contributed by atoms with Crippen LogP contribution in [0.25, 0.3) is 0 Å². The van der Waals surface area contributed by atoms with Gasteiger partial charge in [-0.15, -0.1) is 0 Å². The van der Waals surface area contributed by atoms with Gasteiger partial charge in [-0.3, -0.25) is 9.59 Å². The molecule has 19 heavy (non-hydrogen) atoms. The SMILES string of the molecule is CCNC(=O)CNC(=O)N1C2CCC1C(C(=O)O)C2. The maximum atomic E-state index is 12.0. The third-order valence-electron chi connectivity index (χ3n) is 3.86. The van der Waals surface area contributed by atoms with Gasteiger partial charge in [0.1, 0.15) is 0 Å². The van der Waals surface area contributed by atoms with E-state index in [1.54, 1.807) is 11.8 Å². The average molecular weight is 269 g/mol. The zero-order valence-electron chi connectivity index (χ0n) is 10.9. The summed E-state index contributed by atoms with van der Waals surface area (Å²) in [6, 6.07) is -0.556. The van der Waals surface area contributed by atoms with E-state index < -0.39 is 11.9 Å². The van der Waals surface area contributed by atoms with E-state index in [2.05, 4.69) is 10.6 Å². The zero-order valence-corrected chi connectivity index (χ0v) is 10.9. The Hall–Kier alpha value is -1.79. The smallest absolute Gasteiger partial charge is 0.318 e. The van der Waals surface area contributed by atoms with Gasteiger partial charge in [0.15, 0.2) is 0 Å². The van der Waals surface area contributed by atoms with Gasteiger partial charge in [-0.1, -0.05) is 0 Å². The number of urea groups is 1. The Kier molecular flexibility index (Phi) is 3.92. The highest BCUT2D eigenvalue weighted by Gasteiger charge is 2.51. The lowest BCUT2D eigenvalue weighted by Gasteiger charge is -2.23.